The van der Waals surface area contributed by atoms with Crippen molar-refractivity contribution in [1.82, 2.24) is 10.3 Å². The van der Waals surface area contributed by atoms with Gasteiger partial charge >= 0.3 is 0 Å². The first-order chi connectivity index (χ1) is 8.75. The van der Waals surface area contributed by atoms with E-state index in [1.165, 1.54) is 11.1 Å². The monoisotopic (exact) mass is 260 g/mol. The number of rotatable bonds is 5. The lowest BCUT2D eigenvalue weighted by Crippen LogP contribution is -2.21. The Labute approximate surface area is 113 Å². The largest absolute Gasteiger partial charge is 0.310 e. The summed E-state index contributed by atoms with van der Waals surface area (Å²) in [6.45, 7) is 3.10. The van der Waals surface area contributed by atoms with Crippen LogP contribution in [0.2, 0.25) is 5.02 Å². The summed E-state index contributed by atoms with van der Waals surface area (Å²) in [4.78, 5) is 4.11. The molecule has 1 N–H and O–H groups in total. The molecular formula is C15H17ClN2. The van der Waals surface area contributed by atoms with Gasteiger partial charge in [-0.05, 0) is 49.2 Å². The Hall–Kier alpha value is -1.38. The molecule has 2 aromatic rings. The van der Waals surface area contributed by atoms with Crippen LogP contribution in [-0.2, 0) is 6.42 Å². The SMILES string of the molecule is C[C@H](NCCc1cccnc1)c1ccc(Cl)cc1. The van der Waals surface area contributed by atoms with Gasteiger partial charge in [-0.1, -0.05) is 29.8 Å². The van der Waals surface area contributed by atoms with Gasteiger partial charge in [-0.15, -0.1) is 0 Å². The van der Waals surface area contributed by atoms with Crippen LogP contribution in [0.5, 0.6) is 0 Å². The van der Waals surface area contributed by atoms with Crippen LogP contribution in [0.1, 0.15) is 24.1 Å². The van der Waals surface area contributed by atoms with Crippen molar-refractivity contribution in [3.63, 3.8) is 0 Å². The maximum Gasteiger partial charge on any atom is 0.0406 e. The Balaban J connectivity index is 1.81. The molecule has 0 unspecified atom stereocenters. The predicted octanol–water partition coefficient (Wildman–Crippen LogP) is 3.63. The smallest absolute Gasteiger partial charge is 0.0406 e. The second kappa shape index (κ2) is 6.53. The van der Waals surface area contributed by atoms with Gasteiger partial charge in [0.25, 0.3) is 0 Å². The van der Waals surface area contributed by atoms with Crippen molar-refractivity contribution < 1.29 is 0 Å². The Kier molecular flexibility index (Phi) is 4.73. The Morgan fingerprint density at radius 2 is 2.00 bits per heavy atom. The lowest BCUT2D eigenvalue weighted by Gasteiger charge is -2.14. The van der Waals surface area contributed by atoms with Gasteiger partial charge in [0.05, 0.1) is 0 Å². The van der Waals surface area contributed by atoms with Gasteiger partial charge in [0.1, 0.15) is 0 Å². The zero-order chi connectivity index (χ0) is 12.8. The Morgan fingerprint density at radius 1 is 1.22 bits per heavy atom. The highest BCUT2D eigenvalue weighted by atomic mass is 35.5. The summed E-state index contributed by atoms with van der Waals surface area (Å²) in [6, 6.07) is 12.4. The number of pyridine rings is 1. The molecule has 0 aliphatic rings. The predicted molar refractivity (Wildman–Crippen MR) is 75.8 cm³/mol. The van der Waals surface area contributed by atoms with Crippen LogP contribution < -0.4 is 5.32 Å². The number of aromatic nitrogens is 1. The maximum atomic E-state index is 5.87. The highest BCUT2D eigenvalue weighted by Crippen LogP contribution is 2.15. The average Bonchev–Trinajstić information content (AvgIpc) is 2.40. The second-order valence-electron chi connectivity index (χ2n) is 4.34. The van der Waals surface area contributed by atoms with Crippen LogP contribution in [0, 0.1) is 0 Å². The fourth-order valence-electron chi connectivity index (χ4n) is 1.85. The molecule has 1 aromatic heterocycles. The summed E-state index contributed by atoms with van der Waals surface area (Å²) < 4.78 is 0. The number of halogens is 1. The van der Waals surface area contributed by atoms with E-state index in [4.69, 9.17) is 11.6 Å². The summed E-state index contributed by atoms with van der Waals surface area (Å²) in [5.74, 6) is 0. The van der Waals surface area contributed by atoms with Crippen molar-refractivity contribution in [2.45, 2.75) is 19.4 Å². The number of nitrogens with one attached hydrogen (secondary N) is 1. The fraction of sp³-hybridized carbons (Fsp3) is 0.267. The minimum Gasteiger partial charge on any atom is -0.310 e. The normalized spacial score (nSPS) is 12.3. The van der Waals surface area contributed by atoms with Gasteiger partial charge < -0.3 is 5.32 Å². The van der Waals surface area contributed by atoms with Crippen molar-refractivity contribution in [2.75, 3.05) is 6.54 Å². The van der Waals surface area contributed by atoms with Crippen molar-refractivity contribution in [1.29, 1.82) is 0 Å². The molecule has 1 heterocycles. The van der Waals surface area contributed by atoms with E-state index in [-0.39, 0.29) is 0 Å². The molecule has 0 radical (unpaired) electrons. The zero-order valence-corrected chi connectivity index (χ0v) is 11.2. The number of benzene rings is 1. The van der Waals surface area contributed by atoms with Gasteiger partial charge in [-0.3, -0.25) is 4.98 Å². The van der Waals surface area contributed by atoms with E-state index in [9.17, 15) is 0 Å². The summed E-state index contributed by atoms with van der Waals surface area (Å²) in [5.41, 5.74) is 2.51. The van der Waals surface area contributed by atoms with Crippen LogP contribution in [0.4, 0.5) is 0 Å². The topological polar surface area (TPSA) is 24.9 Å². The molecule has 0 amide bonds. The van der Waals surface area contributed by atoms with E-state index in [2.05, 4.69) is 35.4 Å². The average molecular weight is 261 g/mol. The Morgan fingerprint density at radius 3 is 2.67 bits per heavy atom. The lowest BCUT2D eigenvalue weighted by atomic mass is 10.1. The first kappa shape index (κ1) is 13.1. The van der Waals surface area contributed by atoms with Crippen molar-refractivity contribution in [3.05, 3.63) is 64.9 Å². The molecule has 0 aliphatic heterocycles. The molecule has 0 fully saturated rings. The standard InChI is InChI=1S/C15H17ClN2/c1-12(14-4-6-15(16)7-5-14)18-10-8-13-3-2-9-17-11-13/h2-7,9,11-12,18H,8,10H2,1H3/t12-/m0/s1. The van der Waals surface area contributed by atoms with Gasteiger partial charge in [-0.25, -0.2) is 0 Å². The molecule has 1 aromatic carbocycles. The molecule has 3 heteroatoms. The van der Waals surface area contributed by atoms with Crippen molar-refractivity contribution >= 4 is 11.6 Å². The van der Waals surface area contributed by atoms with E-state index in [0.29, 0.717) is 6.04 Å². The van der Waals surface area contributed by atoms with Gasteiger partial charge in [0, 0.05) is 23.5 Å². The van der Waals surface area contributed by atoms with Crippen LogP contribution >= 0.6 is 11.6 Å². The van der Waals surface area contributed by atoms with E-state index < -0.39 is 0 Å². The second-order valence-corrected chi connectivity index (χ2v) is 4.78. The van der Waals surface area contributed by atoms with E-state index in [0.717, 1.165) is 18.0 Å². The molecule has 2 rings (SSSR count). The van der Waals surface area contributed by atoms with Crippen molar-refractivity contribution in [3.8, 4) is 0 Å². The minimum atomic E-state index is 0.332. The van der Waals surface area contributed by atoms with E-state index in [1.54, 1.807) is 6.20 Å². The van der Waals surface area contributed by atoms with Crippen LogP contribution in [0.3, 0.4) is 0 Å². The number of hydrogen-bond donors (Lipinski definition) is 1. The maximum absolute atomic E-state index is 5.87. The van der Waals surface area contributed by atoms with Gasteiger partial charge in [0.2, 0.25) is 0 Å². The van der Waals surface area contributed by atoms with Crippen LogP contribution in [-0.4, -0.2) is 11.5 Å². The molecule has 18 heavy (non-hydrogen) atoms. The molecular weight excluding hydrogens is 244 g/mol. The van der Waals surface area contributed by atoms with Gasteiger partial charge in [-0.2, -0.15) is 0 Å². The van der Waals surface area contributed by atoms with E-state index in [1.807, 2.05) is 24.4 Å². The number of hydrogen-bond acceptors (Lipinski definition) is 2. The third kappa shape index (κ3) is 3.83. The molecule has 0 bridgehead atoms. The van der Waals surface area contributed by atoms with E-state index >= 15 is 0 Å². The molecule has 0 aliphatic carbocycles. The van der Waals surface area contributed by atoms with Gasteiger partial charge in [0.15, 0.2) is 0 Å². The third-order valence-corrected chi connectivity index (χ3v) is 3.21. The number of nitrogens with zero attached hydrogens (tertiary/aromatic N) is 1. The third-order valence-electron chi connectivity index (χ3n) is 2.96. The first-order valence-corrected chi connectivity index (χ1v) is 6.51. The molecule has 0 spiro atoms. The molecule has 1 atom stereocenters. The molecule has 2 nitrogen and oxygen atoms in total. The first-order valence-electron chi connectivity index (χ1n) is 6.13. The minimum absolute atomic E-state index is 0.332. The fourth-order valence-corrected chi connectivity index (χ4v) is 1.97. The summed E-state index contributed by atoms with van der Waals surface area (Å²) in [7, 11) is 0. The highest BCUT2D eigenvalue weighted by Gasteiger charge is 2.03. The molecule has 0 saturated heterocycles. The quantitative estimate of drug-likeness (QED) is 0.888. The zero-order valence-electron chi connectivity index (χ0n) is 10.4. The Bertz CT molecular complexity index is 468. The lowest BCUT2D eigenvalue weighted by molar-refractivity contribution is 0.576. The molecule has 0 saturated carbocycles. The van der Waals surface area contributed by atoms with Crippen LogP contribution in [0.15, 0.2) is 48.8 Å². The van der Waals surface area contributed by atoms with Crippen molar-refractivity contribution in [2.24, 2.45) is 0 Å². The van der Waals surface area contributed by atoms with Crippen LogP contribution in [0.25, 0.3) is 0 Å². The summed E-state index contributed by atoms with van der Waals surface area (Å²) in [6.07, 6.45) is 4.70. The highest BCUT2D eigenvalue weighted by molar-refractivity contribution is 6.30. The summed E-state index contributed by atoms with van der Waals surface area (Å²) in [5, 5.41) is 4.27. The summed E-state index contributed by atoms with van der Waals surface area (Å²) >= 11 is 5.87. The molecule has 94 valence electrons.